The maximum absolute atomic E-state index is 5.98. The maximum atomic E-state index is 5.98. The molecule has 1 aromatic heterocycles. The first kappa shape index (κ1) is 10.0. The molecule has 3 rings (SSSR count). The van der Waals surface area contributed by atoms with E-state index < -0.39 is 0 Å². The minimum atomic E-state index is 0.283. The van der Waals surface area contributed by atoms with E-state index in [0.717, 1.165) is 44.7 Å². The minimum absolute atomic E-state index is 0.283. The van der Waals surface area contributed by atoms with E-state index in [4.69, 9.17) is 5.73 Å². The average Bonchev–Trinajstić information content (AvgIpc) is 2.75. The van der Waals surface area contributed by atoms with E-state index in [1.807, 2.05) is 6.20 Å². The van der Waals surface area contributed by atoms with E-state index in [2.05, 4.69) is 14.9 Å². The highest BCUT2D eigenvalue weighted by Crippen LogP contribution is 2.22. The highest BCUT2D eigenvalue weighted by atomic mass is 15.3. The molecule has 1 saturated heterocycles. The molecule has 16 heavy (non-hydrogen) atoms. The standard InChI is InChI=1S/C12H18N4/c13-10-4-2-6-16(8-10)12-14-7-9-3-1-5-11(9)15-12/h7,10H,1-6,8,13H2. The number of hydrogen-bond donors (Lipinski definition) is 1. The second-order valence-electron chi connectivity index (χ2n) is 4.84. The van der Waals surface area contributed by atoms with Crippen LogP contribution in [0.4, 0.5) is 5.95 Å². The molecular weight excluding hydrogens is 200 g/mol. The molecule has 1 atom stereocenters. The normalized spacial score (nSPS) is 24.6. The van der Waals surface area contributed by atoms with Gasteiger partial charge >= 0.3 is 0 Å². The van der Waals surface area contributed by atoms with Crippen molar-refractivity contribution in [2.75, 3.05) is 18.0 Å². The monoisotopic (exact) mass is 218 g/mol. The molecule has 0 aromatic carbocycles. The Hall–Kier alpha value is -1.16. The number of nitrogens with zero attached hydrogens (tertiary/aromatic N) is 3. The lowest BCUT2D eigenvalue weighted by atomic mass is 10.1. The van der Waals surface area contributed by atoms with Gasteiger partial charge in [0.15, 0.2) is 0 Å². The number of aromatic nitrogens is 2. The quantitative estimate of drug-likeness (QED) is 0.760. The summed E-state index contributed by atoms with van der Waals surface area (Å²) < 4.78 is 0. The SMILES string of the molecule is NC1CCCN(c2ncc3c(n2)CCC3)C1. The number of piperidine rings is 1. The Morgan fingerprint density at radius 1 is 1.31 bits per heavy atom. The van der Waals surface area contributed by atoms with Crippen LogP contribution in [0.25, 0.3) is 0 Å². The zero-order valence-corrected chi connectivity index (χ0v) is 9.52. The topological polar surface area (TPSA) is 55.0 Å². The first-order chi connectivity index (χ1) is 7.83. The molecule has 1 unspecified atom stereocenters. The first-order valence-corrected chi connectivity index (χ1v) is 6.18. The third kappa shape index (κ3) is 1.78. The van der Waals surface area contributed by atoms with Crippen LogP contribution in [0, 0.1) is 0 Å². The maximum Gasteiger partial charge on any atom is 0.225 e. The second kappa shape index (κ2) is 4.01. The molecule has 4 heteroatoms. The van der Waals surface area contributed by atoms with Crippen molar-refractivity contribution in [2.24, 2.45) is 5.73 Å². The van der Waals surface area contributed by atoms with E-state index in [0.29, 0.717) is 0 Å². The fourth-order valence-corrected chi connectivity index (χ4v) is 2.65. The van der Waals surface area contributed by atoms with Gasteiger partial charge in [0.2, 0.25) is 5.95 Å². The van der Waals surface area contributed by atoms with E-state index in [1.165, 1.54) is 17.7 Å². The Kier molecular flexibility index (Phi) is 2.52. The van der Waals surface area contributed by atoms with E-state index in [9.17, 15) is 0 Å². The van der Waals surface area contributed by atoms with Crippen molar-refractivity contribution < 1.29 is 0 Å². The van der Waals surface area contributed by atoms with Gasteiger partial charge in [0, 0.05) is 31.0 Å². The third-order valence-electron chi connectivity index (χ3n) is 3.54. The van der Waals surface area contributed by atoms with E-state index >= 15 is 0 Å². The van der Waals surface area contributed by atoms with Gasteiger partial charge < -0.3 is 10.6 Å². The van der Waals surface area contributed by atoms with Crippen molar-refractivity contribution in [3.63, 3.8) is 0 Å². The number of nitrogens with two attached hydrogens (primary N) is 1. The number of aryl methyl sites for hydroxylation is 2. The van der Waals surface area contributed by atoms with Crippen LogP contribution in [0.15, 0.2) is 6.20 Å². The Morgan fingerprint density at radius 3 is 3.12 bits per heavy atom. The Labute approximate surface area is 95.9 Å². The zero-order valence-electron chi connectivity index (χ0n) is 9.52. The molecule has 1 aromatic rings. The summed E-state index contributed by atoms with van der Waals surface area (Å²) in [5.41, 5.74) is 8.57. The highest BCUT2D eigenvalue weighted by molar-refractivity contribution is 5.35. The highest BCUT2D eigenvalue weighted by Gasteiger charge is 2.21. The predicted molar refractivity (Wildman–Crippen MR) is 63.5 cm³/mol. The first-order valence-electron chi connectivity index (χ1n) is 6.18. The van der Waals surface area contributed by atoms with Gasteiger partial charge in [-0.3, -0.25) is 0 Å². The molecule has 0 radical (unpaired) electrons. The van der Waals surface area contributed by atoms with Crippen LogP contribution in [-0.2, 0) is 12.8 Å². The van der Waals surface area contributed by atoms with Crippen molar-refractivity contribution in [3.05, 3.63) is 17.5 Å². The average molecular weight is 218 g/mol. The van der Waals surface area contributed by atoms with Crippen LogP contribution in [0.1, 0.15) is 30.5 Å². The largest absolute Gasteiger partial charge is 0.339 e. The van der Waals surface area contributed by atoms with Crippen LogP contribution in [0.5, 0.6) is 0 Å². The summed E-state index contributed by atoms with van der Waals surface area (Å²) in [5, 5.41) is 0. The summed E-state index contributed by atoms with van der Waals surface area (Å²) in [6.45, 7) is 1.95. The van der Waals surface area contributed by atoms with Gasteiger partial charge in [0.1, 0.15) is 0 Å². The smallest absolute Gasteiger partial charge is 0.225 e. The molecule has 86 valence electrons. The van der Waals surface area contributed by atoms with Crippen molar-refractivity contribution in [3.8, 4) is 0 Å². The van der Waals surface area contributed by atoms with Crippen LogP contribution >= 0.6 is 0 Å². The summed E-state index contributed by atoms with van der Waals surface area (Å²) in [5.74, 6) is 0.885. The Bertz CT molecular complexity index is 391. The fraction of sp³-hybridized carbons (Fsp3) is 0.667. The molecule has 4 nitrogen and oxygen atoms in total. The van der Waals surface area contributed by atoms with Crippen molar-refractivity contribution in [2.45, 2.75) is 38.1 Å². The number of hydrogen-bond acceptors (Lipinski definition) is 4. The van der Waals surface area contributed by atoms with Crippen LogP contribution in [0.2, 0.25) is 0 Å². The Morgan fingerprint density at radius 2 is 2.25 bits per heavy atom. The van der Waals surface area contributed by atoms with Gasteiger partial charge in [0.05, 0.1) is 0 Å². The minimum Gasteiger partial charge on any atom is -0.339 e. The van der Waals surface area contributed by atoms with Crippen molar-refractivity contribution in [1.82, 2.24) is 9.97 Å². The summed E-state index contributed by atoms with van der Waals surface area (Å²) >= 11 is 0. The predicted octanol–water partition coefficient (Wildman–Crippen LogP) is 0.893. The van der Waals surface area contributed by atoms with Crippen molar-refractivity contribution >= 4 is 5.95 Å². The van der Waals surface area contributed by atoms with Gasteiger partial charge in [-0.05, 0) is 37.7 Å². The number of anilines is 1. The molecule has 0 bridgehead atoms. The molecule has 2 heterocycles. The summed E-state index contributed by atoms with van der Waals surface area (Å²) in [7, 11) is 0. The van der Waals surface area contributed by atoms with Gasteiger partial charge in [-0.25, -0.2) is 9.97 Å². The molecular formula is C12H18N4. The molecule has 1 aliphatic carbocycles. The summed E-state index contributed by atoms with van der Waals surface area (Å²) in [4.78, 5) is 11.4. The van der Waals surface area contributed by atoms with Gasteiger partial charge in [-0.1, -0.05) is 0 Å². The number of rotatable bonds is 1. The molecule has 0 amide bonds. The van der Waals surface area contributed by atoms with Crippen LogP contribution in [0.3, 0.4) is 0 Å². The van der Waals surface area contributed by atoms with Crippen LogP contribution in [-0.4, -0.2) is 29.1 Å². The Balaban J connectivity index is 1.83. The van der Waals surface area contributed by atoms with Gasteiger partial charge in [-0.2, -0.15) is 0 Å². The number of fused-ring (bicyclic) bond motifs is 1. The molecule has 2 N–H and O–H groups in total. The zero-order chi connectivity index (χ0) is 11.0. The van der Waals surface area contributed by atoms with Crippen molar-refractivity contribution in [1.29, 1.82) is 0 Å². The lowest BCUT2D eigenvalue weighted by molar-refractivity contribution is 0.499. The lowest BCUT2D eigenvalue weighted by Gasteiger charge is -2.30. The van der Waals surface area contributed by atoms with Gasteiger partial charge in [-0.15, -0.1) is 0 Å². The second-order valence-corrected chi connectivity index (χ2v) is 4.84. The summed E-state index contributed by atoms with van der Waals surface area (Å²) in [6.07, 6.45) is 7.78. The lowest BCUT2D eigenvalue weighted by Crippen LogP contribution is -2.43. The molecule has 0 saturated carbocycles. The molecule has 1 fully saturated rings. The van der Waals surface area contributed by atoms with Crippen LogP contribution < -0.4 is 10.6 Å². The summed E-state index contributed by atoms with van der Waals surface area (Å²) in [6, 6.07) is 0.283. The molecule has 1 aliphatic heterocycles. The fourth-order valence-electron chi connectivity index (χ4n) is 2.65. The van der Waals surface area contributed by atoms with E-state index in [1.54, 1.807) is 0 Å². The van der Waals surface area contributed by atoms with E-state index in [-0.39, 0.29) is 6.04 Å². The third-order valence-corrected chi connectivity index (χ3v) is 3.54. The molecule has 0 spiro atoms. The van der Waals surface area contributed by atoms with Gasteiger partial charge in [0.25, 0.3) is 0 Å². The molecule has 2 aliphatic rings.